The minimum atomic E-state index is 0.374. The number of nitrogens with zero attached hydrogens (tertiary/aromatic N) is 1. The van der Waals surface area contributed by atoms with Crippen LogP contribution in [-0.2, 0) is 0 Å². The third-order valence-electron chi connectivity index (χ3n) is 4.06. The highest BCUT2D eigenvalue weighted by atomic mass is 15.1. The first-order valence-corrected chi connectivity index (χ1v) is 6.89. The Bertz CT molecular complexity index is 195. The van der Waals surface area contributed by atoms with Crippen molar-refractivity contribution >= 4 is 0 Å². The van der Waals surface area contributed by atoms with E-state index in [2.05, 4.69) is 44.8 Å². The third-order valence-corrected chi connectivity index (χ3v) is 4.06. The molecule has 0 aromatic heterocycles. The van der Waals surface area contributed by atoms with Crippen molar-refractivity contribution in [3.63, 3.8) is 0 Å². The molecular weight excluding hydrogens is 196 g/mol. The molecular formula is C14H30N2. The molecule has 1 saturated heterocycles. The molecule has 2 nitrogen and oxygen atoms in total. The molecule has 1 fully saturated rings. The summed E-state index contributed by atoms with van der Waals surface area (Å²) in [7, 11) is 0. The molecule has 0 aliphatic carbocycles. The van der Waals surface area contributed by atoms with Crippen LogP contribution >= 0.6 is 0 Å². The molecule has 96 valence electrons. The van der Waals surface area contributed by atoms with E-state index in [0.717, 1.165) is 5.92 Å². The molecule has 1 aliphatic heterocycles. The summed E-state index contributed by atoms with van der Waals surface area (Å²) >= 11 is 0. The lowest BCUT2D eigenvalue weighted by molar-refractivity contribution is 0.169. The predicted octanol–water partition coefficient (Wildman–Crippen LogP) is 2.74. The zero-order valence-electron chi connectivity index (χ0n) is 11.8. The van der Waals surface area contributed by atoms with Gasteiger partial charge in [0, 0.05) is 12.6 Å². The minimum Gasteiger partial charge on any atom is -0.313 e. The average Bonchev–Trinajstić information content (AvgIpc) is 2.25. The highest BCUT2D eigenvalue weighted by Gasteiger charge is 2.23. The first kappa shape index (κ1) is 14.0. The lowest BCUT2D eigenvalue weighted by Gasteiger charge is -2.34. The summed E-state index contributed by atoms with van der Waals surface area (Å²) in [5.74, 6) is 0.860. The van der Waals surface area contributed by atoms with Gasteiger partial charge in [-0.3, -0.25) is 0 Å². The molecule has 1 rings (SSSR count). The number of piperidine rings is 1. The van der Waals surface area contributed by atoms with Gasteiger partial charge in [0.15, 0.2) is 0 Å². The van der Waals surface area contributed by atoms with Gasteiger partial charge in [-0.2, -0.15) is 0 Å². The summed E-state index contributed by atoms with van der Waals surface area (Å²) in [4.78, 5) is 2.58. The number of hydrogen-bond acceptors (Lipinski definition) is 2. The second-order valence-electron chi connectivity index (χ2n) is 6.40. The van der Waals surface area contributed by atoms with Crippen molar-refractivity contribution in [1.82, 2.24) is 10.2 Å². The van der Waals surface area contributed by atoms with Gasteiger partial charge in [-0.25, -0.2) is 0 Å². The molecule has 1 heterocycles. The SMILES string of the molecule is CCN1CCCC(CNC(C)C(C)(C)C)C1. The molecule has 2 atom stereocenters. The maximum absolute atomic E-state index is 3.71. The first-order chi connectivity index (χ1) is 7.43. The molecule has 1 N–H and O–H groups in total. The van der Waals surface area contributed by atoms with Gasteiger partial charge < -0.3 is 10.2 Å². The van der Waals surface area contributed by atoms with Crippen LogP contribution in [0, 0.1) is 11.3 Å². The molecule has 0 amide bonds. The maximum Gasteiger partial charge on any atom is 0.00873 e. The van der Waals surface area contributed by atoms with E-state index in [9.17, 15) is 0 Å². The van der Waals surface area contributed by atoms with E-state index < -0.39 is 0 Å². The standard InChI is InChI=1S/C14H30N2/c1-6-16-9-7-8-13(11-16)10-15-12(2)14(3,4)5/h12-13,15H,6-11H2,1-5H3. The van der Waals surface area contributed by atoms with Gasteiger partial charge in [0.1, 0.15) is 0 Å². The fraction of sp³-hybridized carbons (Fsp3) is 1.00. The summed E-state index contributed by atoms with van der Waals surface area (Å²) < 4.78 is 0. The van der Waals surface area contributed by atoms with E-state index in [1.54, 1.807) is 0 Å². The topological polar surface area (TPSA) is 15.3 Å². The second-order valence-corrected chi connectivity index (χ2v) is 6.40. The zero-order valence-corrected chi connectivity index (χ0v) is 11.8. The maximum atomic E-state index is 3.71. The van der Waals surface area contributed by atoms with Crippen molar-refractivity contribution in [3.8, 4) is 0 Å². The van der Waals surface area contributed by atoms with Gasteiger partial charge in [0.05, 0.1) is 0 Å². The Hall–Kier alpha value is -0.0800. The van der Waals surface area contributed by atoms with Crippen molar-refractivity contribution in [2.45, 2.75) is 53.5 Å². The normalized spacial score (nSPS) is 25.7. The summed E-state index contributed by atoms with van der Waals surface area (Å²) in [6.45, 7) is 16.5. The van der Waals surface area contributed by atoms with E-state index in [4.69, 9.17) is 0 Å². The fourth-order valence-corrected chi connectivity index (χ4v) is 2.25. The van der Waals surface area contributed by atoms with E-state index in [0.29, 0.717) is 11.5 Å². The molecule has 0 bridgehead atoms. The van der Waals surface area contributed by atoms with Crippen LogP contribution in [0.25, 0.3) is 0 Å². The summed E-state index contributed by atoms with van der Waals surface area (Å²) in [5, 5.41) is 3.71. The van der Waals surface area contributed by atoms with Crippen LogP contribution in [-0.4, -0.2) is 37.1 Å². The summed E-state index contributed by atoms with van der Waals surface area (Å²) in [6.07, 6.45) is 2.78. The van der Waals surface area contributed by atoms with Crippen LogP contribution in [0.1, 0.15) is 47.5 Å². The number of rotatable bonds is 4. The van der Waals surface area contributed by atoms with Crippen molar-refractivity contribution in [2.24, 2.45) is 11.3 Å². The molecule has 1 aliphatic rings. The monoisotopic (exact) mass is 226 g/mol. The third kappa shape index (κ3) is 4.42. The van der Waals surface area contributed by atoms with Gasteiger partial charge in [-0.15, -0.1) is 0 Å². The summed E-state index contributed by atoms with van der Waals surface area (Å²) in [6, 6.07) is 0.601. The smallest absolute Gasteiger partial charge is 0.00873 e. The number of nitrogens with one attached hydrogen (secondary N) is 1. The molecule has 2 heteroatoms. The Balaban J connectivity index is 2.27. The first-order valence-electron chi connectivity index (χ1n) is 6.89. The van der Waals surface area contributed by atoms with Crippen molar-refractivity contribution in [1.29, 1.82) is 0 Å². The van der Waals surface area contributed by atoms with Crippen LogP contribution in [0.2, 0.25) is 0 Å². The highest BCUT2D eigenvalue weighted by Crippen LogP contribution is 2.20. The van der Waals surface area contributed by atoms with Crippen LogP contribution in [0.4, 0.5) is 0 Å². The largest absolute Gasteiger partial charge is 0.313 e. The van der Waals surface area contributed by atoms with Gasteiger partial charge in [-0.1, -0.05) is 27.7 Å². The van der Waals surface area contributed by atoms with E-state index in [1.807, 2.05) is 0 Å². The van der Waals surface area contributed by atoms with Crippen LogP contribution < -0.4 is 5.32 Å². The number of hydrogen-bond donors (Lipinski definition) is 1. The molecule has 0 aromatic carbocycles. The molecule has 0 radical (unpaired) electrons. The van der Waals surface area contributed by atoms with E-state index >= 15 is 0 Å². The van der Waals surface area contributed by atoms with E-state index in [1.165, 1.54) is 39.0 Å². The van der Waals surface area contributed by atoms with Crippen molar-refractivity contribution < 1.29 is 0 Å². The van der Waals surface area contributed by atoms with Gasteiger partial charge in [0.25, 0.3) is 0 Å². The molecule has 0 spiro atoms. The quantitative estimate of drug-likeness (QED) is 0.793. The summed E-state index contributed by atoms with van der Waals surface area (Å²) in [5.41, 5.74) is 0.374. The molecule has 2 unspecified atom stereocenters. The lowest BCUT2D eigenvalue weighted by Crippen LogP contribution is -2.44. The Morgan fingerprint density at radius 3 is 2.62 bits per heavy atom. The average molecular weight is 226 g/mol. The van der Waals surface area contributed by atoms with Crippen LogP contribution in [0.15, 0.2) is 0 Å². The van der Waals surface area contributed by atoms with E-state index in [-0.39, 0.29) is 0 Å². The zero-order chi connectivity index (χ0) is 12.2. The molecule has 0 aromatic rings. The van der Waals surface area contributed by atoms with Gasteiger partial charge in [0.2, 0.25) is 0 Å². The molecule has 0 saturated carbocycles. The fourth-order valence-electron chi connectivity index (χ4n) is 2.25. The highest BCUT2D eigenvalue weighted by molar-refractivity contribution is 4.79. The Labute approximate surface area is 102 Å². The molecule has 16 heavy (non-hydrogen) atoms. The van der Waals surface area contributed by atoms with Crippen LogP contribution in [0.3, 0.4) is 0 Å². The second kappa shape index (κ2) is 6.02. The predicted molar refractivity (Wildman–Crippen MR) is 71.8 cm³/mol. The Morgan fingerprint density at radius 2 is 2.06 bits per heavy atom. The Kier molecular flexibility index (Phi) is 5.26. The van der Waals surface area contributed by atoms with Crippen molar-refractivity contribution in [2.75, 3.05) is 26.2 Å². The van der Waals surface area contributed by atoms with Gasteiger partial charge in [-0.05, 0) is 50.7 Å². The van der Waals surface area contributed by atoms with Crippen LogP contribution in [0.5, 0.6) is 0 Å². The number of likely N-dealkylation sites (tertiary alicyclic amines) is 1. The minimum absolute atomic E-state index is 0.374. The van der Waals surface area contributed by atoms with Gasteiger partial charge >= 0.3 is 0 Å². The lowest BCUT2D eigenvalue weighted by atomic mass is 9.87. The Morgan fingerprint density at radius 1 is 1.38 bits per heavy atom. The van der Waals surface area contributed by atoms with Crippen molar-refractivity contribution in [3.05, 3.63) is 0 Å².